The molecule has 27 heavy (non-hydrogen) atoms. The van der Waals surface area contributed by atoms with Gasteiger partial charge in [0.15, 0.2) is 11.5 Å². The van der Waals surface area contributed by atoms with Crippen LogP contribution in [0.3, 0.4) is 0 Å². The number of rotatable bonds is 6. The minimum atomic E-state index is -0.434. The van der Waals surface area contributed by atoms with E-state index in [1.165, 1.54) is 24.4 Å². The number of ether oxygens (including phenoxy) is 2. The average Bonchev–Trinajstić information content (AvgIpc) is 2.68. The zero-order chi connectivity index (χ0) is 19.2. The number of nitrogens with one attached hydrogen (secondary N) is 2. The second kappa shape index (κ2) is 8.18. The van der Waals surface area contributed by atoms with Gasteiger partial charge in [0.05, 0.1) is 14.2 Å². The van der Waals surface area contributed by atoms with Crippen LogP contribution in [0.5, 0.6) is 11.5 Å². The molecule has 3 rings (SSSR count). The van der Waals surface area contributed by atoms with E-state index in [4.69, 9.17) is 9.47 Å². The highest BCUT2D eigenvalue weighted by Gasteiger charge is 2.10. The van der Waals surface area contributed by atoms with Crippen molar-refractivity contribution in [2.45, 2.75) is 0 Å². The molecule has 0 aliphatic heterocycles. The third-order valence-corrected chi connectivity index (χ3v) is 3.75. The molecule has 0 spiro atoms. The van der Waals surface area contributed by atoms with E-state index in [0.717, 1.165) is 5.69 Å². The number of anilines is 3. The smallest absolute Gasteiger partial charge is 0.274 e. The molecular formula is C20H18FN3O3. The Balaban J connectivity index is 1.76. The molecule has 1 heterocycles. The lowest BCUT2D eigenvalue weighted by Gasteiger charge is -2.12. The van der Waals surface area contributed by atoms with Crippen molar-refractivity contribution in [2.24, 2.45) is 0 Å². The van der Waals surface area contributed by atoms with Crippen molar-refractivity contribution >= 4 is 23.0 Å². The maximum absolute atomic E-state index is 13.2. The van der Waals surface area contributed by atoms with E-state index >= 15 is 0 Å². The standard InChI is InChI=1S/C20H18FN3O3/c1-26-18-7-6-15(12-19(18)27-2)23-16-8-9-22-17(11-16)20(25)24-14-5-3-4-13(21)10-14/h3-12H,1-2H3,(H,22,23)(H,24,25). The van der Waals surface area contributed by atoms with Crippen molar-refractivity contribution in [3.63, 3.8) is 0 Å². The molecule has 2 N–H and O–H groups in total. The number of pyridine rings is 1. The lowest BCUT2D eigenvalue weighted by Crippen LogP contribution is -2.13. The number of carbonyl (C=O) groups is 1. The maximum atomic E-state index is 13.2. The predicted octanol–water partition coefficient (Wildman–Crippen LogP) is 4.23. The van der Waals surface area contributed by atoms with Crippen LogP contribution in [0.2, 0.25) is 0 Å². The quantitative estimate of drug-likeness (QED) is 0.682. The molecule has 138 valence electrons. The zero-order valence-electron chi connectivity index (χ0n) is 14.8. The van der Waals surface area contributed by atoms with Crippen LogP contribution in [-0.2, 0) is 0 Å². The molecule has 1 amide bonds. The Morgan fingerprint density at radius 3 is 2.44 bits per heavy atom. The first-order chi connectivity index (χ1) is 13.1. The first-order valence-electron chi connectivity index (χ1n) is 8.11. The molecule has 0 fully saturated rings. The van der Waals surface area contributed by atoms with E-state index in [0.29, 0.717) is 22.9 Å². The fraction of sp³-hybridized carbons (Fsp3) is 0.100. The highest BCUT2D eigenvalue weighted by Crippen LogP contribution is 2.31. The normalized spacial score (nSPS) is 10.2. The molecule has 0 radical (unpaired) electrons. The molecule has 2 aromatic carbocycles. The monoisotopic (exact) mass is 367 g/mol. The Hall–Kier alpha value is -3.61. The number of methoxy groups -OCH3 is 2. The van der Waals surface area contributed by atoms with E-state index in [-0.39, 0.29) is 5.69 Å². The van der Waals surface area contributed by atoms with Gasteiger partial charge in [0.1, 0.15) is 11.5 Å². The van der Waals surface area contributed by atoms with E-state index in [1.807, 2.05) is 6.07 Å². The number of amides is 1. The van der Waals surface area contributed by atoms with Gasteiger partial charge in [0.25, 0.3) is 5.91 Å². The van der Waals surface area contributed by atoms with Crippen molar-refractivity contribution in [2.75, 3.05) is 24.9 Å². The molecular weight excluding hydrogens is 349 g/mol. The Morgan fingerprint density at radius 2 is 1.70 bits per heavy atom. The van der Waals surface area contributed by atoms with E-state index in [2.05, 4.69) is 15.6 Å². The minimum Gasteiger partial charge on any atom is -0.493 e. The highest BCUT2D eigenvalue weighted by molar-refractivity contribution is 6.03. The molecule has 0 saturated carbocycles. The zero-order valence-corrected chi connectivity index (χ0v) is 14.8. The van der Waals surface area contributed by atoms with Gasteiger partial charge in [-0.1, -0.05) is 6.07 Å². The number of aromatic nitrogens is 1. The Kier molecular flexibility index (Phi) is 5.51. The summed E-state index contributed by atoms with van der Waals surface area (Å²) < 4.78 is 23.7. The Morgan fingerprint density at radius 1 is 0.926 bits per heavy atom. The van der Waals surface area contributed by atoms with Crippen molar-refractivity contribution in [3.05, 3.63) is 72.3 Å². The van der Waals surface area contributed by atoms with E-state index < -0.39 is 11.7 Å². The first kappa shape index (κ1) is 18.2. The number of hydrogen-bond acceptors (Lipinski definition) is 5. The summed E-state index contributed by atoms with van der Waals surface area (Å²) in [5.74, 6) is 0.342. The molecule has 0 aliphatic rings. The van der Waals surface area contributed by atoms with Crippen LogP contribution in [-0.4, -0.2) is 25.1 Å². The van der Waals surface area contributed by atoms with E-state index in [9.17, 15) is 9.18 Å². The summed E-state index contributed by atoms with van der Waals surface area (Å²) in [6.45, 7) is 0. The number of hydrogen-bond donors (Lipinski definition) is 2. The van der Waals surface area contributed by atoms with Gasteiger partial charge in [0.2, 0.25) is 0 Å². The van der Waals surface area contributed by atoms with Crippen LogP contribution in [0, 0.1) is 5.82 Å². The Labute approximate surface area is 156 Å². The third-order valence-electron chi connectivity index (χ3n) is 3.75. The molecule has 3 aromatic rings. The molecule has 6 nitrogen and oxygen atoms in total. The van der Waals surface area contributed by atoms with Gasteiger partial charge in [-0.05, 0) is 42.5 Å². The lowest BCUT2D eigenvalue weighted by molar-refractivity contribution is 0.102. The van der Waals surface area contributed by atoms with Gasteiger partial charge in [-0.3, -0.25) is 9.78 Å². The number of benzene rings is 2. The highest BCUT2D eigenvalue weighted by atomic mass is 19.1. The van der Waals surface area contributed by atoms with Crippen molar-refractivity contribution in [1.82, 2.24) is 4.98 Å². The summed E-state index contributed by atoms with van der Waals surface area (Å²) in [6.07, 6.45) is 1.52. The van der Waals surface area contributed by atoms with Gasteiger partial charge in [-0.25, -0.2) is 4.39 Å². The summed E-state index contributed by atoms with van der Waals surface area (Å²) in [4.78, 5) is 16.4. The fourth-order valence-electron chi connectivity index (χ4n) is 2.47. The van der Waals surface area contributed by atoms with Gasteiger partial charge < -0.3 is 20.1 Å². The molecule has 0 saturated heterocycles. The maximum Gasteiger partial charge on any atom is 0.274 e. The Bertz CT molecular complexity index is 963. The van der Waals surface area contributed by atoms with Crippen LogP contribution in [0.4, 0.5) is 21.5 Å². The van der Waals surface area contributed by atoms with Crippen LogP contribution in [0.15, 0.2) is 60.8 Å². The van der Waals surface area contributed by atoms with Crippen LogP contribution >= 0.6 is 0 Å². The third kappa shape index (κ3) is 4.52. The molecule has 7 heteroatoms. The summed E-state index contributed by atoms with van der Waals surface area (Å²) in [5.41, 5.74) is 1.99. The second-order valence-electron chi connectivity index (χ2n) is 5.59. The summed E-state index contributed by atoms with van der Waals surface area (Å²) in [6, 6.07) is 14.4. The van der Waals surface area contributed by atoms with Crippen molar-refractivity contribution in [3.8, 4) is 11.5 Å². The SMILES string of the molecule is COc1ccc(Nc2ccnc(C(=O)Nc3cccc(F)c3)c2)cc1OC. The largest absolute Gasteiger partial charge is 0.493 e. The molecule has 1 aromatic heterocycles. The fourth-order valence-corrected chi connectivity index (χ4v) is 2.47. The minimum absolute atomic E-state index is 0.199. The van der Waals surface area contributed by atoms with Gasteiger partial charge >= 0.3 is 0 Å². The van der Waals surface area contributed by atoms with Gasteiger partial charge in [-0.2, -0.15) is 0 Å². The number of halogens is 1. The van der Waals surface area contributed by atoms with Gasteiger partial charge in [-0.15, -0.1) is 0 Å². The van der Waals surface area contributed by atoms with Crippen LogP contribution in [0.1, 0.15) is 10.5 Å². The van der Waals surface area contributed by atoms with Crippen LogP contribution < -0.4 is 20.1 Å². The predicted molar refractivity (Wildman–Crippen MR) is 101 cm³/mol. The van der Waals surface area contributed by atoms with E-state index in [1.54, 1.807) is 44.6 Å². The summed E-state index contributed by atoms with van der Waals surface area (Å²) in [7, 11) is 3.13. The lowest BCUT2D eigenvalue weighted by atomic mass is 10.2. The first-order valence-corrected chi connectivity index (χ1v) is 8.11. The number of nitrogens with zero attached hydrogens (tertiary/aromatic N) is 1. The number of carbonyl (C=O) groups excluding carboxylic acids is 1. The molecule has 0 bridgehead atoms. The topological polar surface area (TPSA) is 72.5 Å². The van der Waals surface area contributed by atoms with Crippen LogP contribution in [0.25, 0.3) is 0 Å². The molecule has 0 unspecified atom stereocenters. The molecule has 0 aliphatic carbocycles. The average molecular weight is 367 g/mol. The van der Waals surface area contributed by atoms with Gasteiger partial charge in [0, 0.05) is 29.3 Å². The summed E-state index contributed by atoms with van der Waals surface area (Å²) in [5, 5.41) is 5.80. The van der Waals surface area contributed by atoms with Crippen molar-refractivity contribution < 1.29 is 18.7 Å². The molecule has 0 atom stereocenters. The summed E-state index contributed by atoms with van der Waals surface area (Å²) >= 11 is 0. The second-order valence-corrected chi connectivity index (χ2v) is 5.59. The van der Waals surface area contributed by atoms with Crippen molar-refractivity contribution in [1.29, 1.82) is 0 Å².